The van der Waals surface area contributed by atoms with E-state index in [1.807, 2.05) is 0 Å². The number of halogens is 2. The van der Waals surface area contributed by atoms with Crippen LogP contribution in [0, 0.1) is 6.92 Å². The molecule has 2 rings (SSSR count). The van der Waals surface area contributed by atoms with Gasteiger partial charge in [-0.3, -0.25) is 4.79 Å². The number of aromatic nitrogens is 3. The summed E-state index contributed by atoms with van der Waals surface area (Å²) in [5, 5.41) is 6.41. The van der Waals surface area contributed by atoms with E-state index in [4.69, 9.17) is 4.74 Å². The van der Waals surface area contributed by atoms with Crippen LogP contribution in [0.2, 0.25) is 0 Å². The second kappa shape index (κ2) is 5.91. The van der Waals surface area contributed by atoms with Crippen molar-refractivity contribution in [3.8, 4) is 0 Å². The SMILES string of the molecule is COCCNC(=O)c1cnn2c(C(F)F)cc(C)nc12. The van der Waals surface area contributed by atoms with E-state index in [-0.39, 0.29) is 16.9 Å². The monoisotopic (exact) mass is 284 g/mol. The molecule has 0 unspecified atom stereocenters. The summed E-state index contributed by atoms with van der Waals surface area (Å²) in [5.41, 5.74) is 0.393. The third kappa shape index (κ3) is 2.74. The molecule has 0 aromatic carbocycles. The van der Waals surface area contributed by atoms with Crippen molar-refractivity contribution in [2.24, 2.45) is 0 Å². The molecule has 0 spiro atoms. The minimum absolute atomic E-state index is 0.121. The van der Waals surface area contributed by atoms with Crippen molar-refractivity contribution < 1.29 is 18.3 Å². The van der Waals surface area contributed by atoms with E-state index in [0.29, 0.717) is 18.8 Å². The molecule has 0 saturated carbocycles. The van der Waals surface area contributed by atoms with Gasteiger partial charge in [0.2, 0.25) is 0 Å². The van der Waals surface area contributed by atoms with Gasteiger partial charge in [0.05, 0.1) is 12.8 Å². The largest absolute Gasteiger partial charge is 0.383 e. The lowest BCUT2D eigenvalue weighted by Crippen LogP contribution is -2.27. The van der Waals surface area contributed by atoms with Gasteiger partial charge in [-0.25, -0.2) is 18.3 Å². The maximum Gasteiger partial charge on any atom is 0.280 e. The number of hydrogen-bond acceptors (Lipinski definition) is 4. The Bertz CT molecular complexity index is 627. The van der Waals surface area contributed by atoms with Crippen molar-refractivity contribution in [3.63, 3.8) is 0 Å². The number of carbonyl (C=O) groups excluding carboxylic acids is 1. The number of nitrogens with one attached hydrogen (secondary N) is 1. The van der Waals surface area contributed by atoms with E-state index in [2.05, 4.69) is 15.4 Å². The average molecular weight is 284 g/mol. The zero-order valence-electron chi connectivity index (χ0n) is 11.1. The number of fused-ring (bicyclic) bond motifs is 1. The van der Waals surface area contributed by atoms with Crippen LogP contribution in [0.15, 0.2) is 12.3 Å². The summed E-state index contributed by atoms with van der Waals surface area (Å²) >= 11 is 0. The minimum Gasteiger partial charge on any atom is -0.383 e. The van der Waals surface area contributed by atoms with Crippen LogP contribution in [-0.4, -0.2) is 40.8 Å². The molecule has 2 aromatic rings. The predicted octanol–water partition coefficient (Wildman–Crippen LogP) is 1.35. The van der Waals surface area contributed by atoms with Crippen molar-refractivity contribution in [1.82, 2.24) is 19.9 Å². The lowest BCUT2D eigenvalue weighted by molar-refractivity contribution is 0.0938. The molecule has 108 valence electrons. The van der Waals surface area contributed by atoms with Crippen LogP contribution < -0.4 is 5.32 Å². The molecule has 1 N–H and O–H groups in total. The molecule has 0 aliphatic heterocycles. The maximum absolute atomic E-state index is 12.9. The fraction of sp³-hybridized carbons (Fsp3) is 0.417. The van der Waals surface area contributed by atoms with Gasteiger partial charge in [0.15, 0.2) is 5.65 Å². The quantitative estimate of drug-likeness (QED) is 0.842. The Morgan fingerprint density at radius 3 is 2.95 bits per heavy atom. The fourth-order valence-corrected chi connectivity index (χ4v) is 1.79. The Balaban J connectivity index is 2.38. The number of carbonyl (C=O) groups is 1. The minimum atomic E-state index is -2.69. The standard InChI is InChI=1S/C12H14F2N4O2/c1-7-5-9(10(13)14)18-11(17-7)8(6-16-18)12(19)15-3-4-20-2/h5-6,10H,3-4H2,1-2H3,(H,15,19). The van der Waals surface area contributed by atoms with Gasteiger partial charge in [-0.05, 0) is 13.0 Å². The Kier molecular flexibility index (Phi) is 4.23. The molecule has 0 atom stereocenters. The molecule has 2 heterocycles. The van der Waals surface area contributed by atoms with E-state index in [1.165, 1.54) is 19.4 Å². The van der Waals surface area contributed by atoms with Crippen LogP contribution in [0.1, 0.15) is 28.2 Å². The third-order valence-corrected chi connectivity index (χ3v) is 2.69. The number of nitrogens with zero attached hydrogens (tertiary/aromatic N) is 3. The molecular formula is C12H14F2N4O2. The van der Waals surface area contributed by atoms with Crippen LogP contribution in [0.5, 0.6) is 0 Å². The lowest BCUT2D eigenvalue weighted by Gasteiger charge is -2.06. The average Bonchev–Trinajstić information content (AvgIpc) is 2.81. The van der Waals surface area contributed by atoms with E-state index >= 15 is 0 Å². The second-order valence-electron chi connectivity index (χ2n) is 4.17. The number of ether oxygens (including phenoxy) is 1. The summed E-state index contributed by atoms with van der Waals surface area (Å²) in [6.07, 6.45) is -1.46. The van der Waals surface area contributed by atoms with Gasteiger partial charge < -0.3 is 10.1 Å². The van der Waals surface area contributed by atoms with Gasteiger partial charge in [-0.15, -0.1) is 0 Å². The topological polar surface area (TPSA) is 68.5 Å². The van der Waals surface area contributed by atoms with Crippen molar-refractivity contribution in [2.45, 2.75) is 13.3 Å². The molecule has 0 radical (unpaired) electrons. The summed E-state index contributed by atoms with van der Waals surface area (Å²) in [6.45, 7) is 2.27. The van der Waals surface area contributed by atoms with Gasteiger partial charge in [0.25, 0.3) is 12.3 Å². The van der Waals surface area contributed by atoms with Gasteiger partial charge >= 0.3 is 0 Å². The number of hydrogen-bond donors (Lipinski definition) is 1. The summed E-state index contributed by atoms with van der Waals surface area (Å²) in [5.74, 6) is -0.421. The van der Waals surface area contributed by atoms with Crippen LogP contribution in [-0.2, 0) is 4.74 Å². The number of alkyl halides is 2. The van der Waals surface area contributed by atoms with E-state index in [1.54, 1.807) is 6.92 Å². The highest BCUT2D eigenvalue weighted by Crippen LogP contribution is 2.21. The van der Waals surface area contributed by atoms with Gasteiger partial charge in [0, 0.05) is 19.3 Å². The van der Waals surface area contributed by atoms with E-state index in [0.717, 1.165) is 4.52 Å². The van der Waals surface area contributed by atoms with Gasteiger partial charge in [-0.2, -0.15) is 5.10 Å². The molecule has 0 aliphatic carbocycles. The fourth-order valence-electron chi connectivity index (χ4n) is 1.79. The highest BCUT2D eigenvalue weighted by atomic mass is 19.3. The Labute approximate surface area is 113 Å². The molecular weight excluding hydrogens is 270 g/mol. The van der Waals surface area contributed by atoms with E-state index < -0.39 is 12.3 Å². The summed E-state index contributed by atoms with van der Waals surface area (Å²) in [4.78, 5) is 16.0. The molecule has 0 bridgehead atoms. The van der Waals surface area contributed by atoms with Gasteiger partial charge in [0.1, 0.15) is 11.3 Å². The van der Waals surface area contributed by atoms with Gasteiger partial charge in [-0.1, -0.05) is 0 Å². The first kappa shape index (κ1) is 14.3. The van der Waals surface area contributed by atoms with Crippen molar-refractivity contribution >= 4 is 11.6 Å². The highest BCUT2D eigenvalue weighted by molar-refractivity contribution is 5.99. The first-order valence-electron chi connectivity index (χ1n) is 5.95. The van der Waals surface area contributed by atoms with Crippen LogP contribution in [0.25, 0.3) is 5.65 Å². The predicted molar refractivity (Wildman–Crippen MR) is 66.9 cm³/mol. The second-order valence-corrected chi connectivity index (χ2v) is 4.17. The van der Waals surface area contributed by atoms with Crippen molar-refractivity contribution in [2.75, 3.05) is 20.3 Å². The third-order valence-electron chi connectivity index (χ3n) is 2.69. The summed E-state index contributed by atoms with van der Waals surface area (Å²) in [6, 6.07) is 1.25. The molecule has 6 nitrogen and oxygen atoms in total. The number of amides is 1. The zero-order chi connectivity index (χ0) is 14.7. The smallest absolute Gasteiger partial charge is 0.280 e. The lowest BCUT2D eigenvalue weighted by atomic mass is 10.3. The molecule has 2 aromatic heterocycles. The van der Waals surface area contributed by atoms with E-state index in [9.17, 15) is 13.6 Å². The van der Waals surface area contributed by atoms with Crippen LogP contribution >= 0.6 is 0 Å². The van der Waals surface area contributed by atoms with Crippen molar-refractivity contribution in [1.29, 1.82) is 0 Å². The molecule has 0 aliphatic rings. The highest BCUT2D eigenvalue weighted by Gasteiger charge is 2.19. The number of methoxy groups -OCH3 is 1. The molecule has 8 heteroatoms. The molecule has 20 heavy (non-hydrogen) atoms. The Hall–Kier alpha value is -2.09. The molecule has 0 fully saturated rings. The normalized spacial score (nSPS) is 11.2. The molecule has 0 saturated heterocycles. The van der Waals surface area contributed by atoms with Crippen LogP contribution in [0.3, 0.4) is 0 Å². The maximum atomic E-state index is 12.9. The Morgan fingerprint density at radius 2 is 2.30 bits per heavy atom. The number of rotatable bonds is 5. The first-order valence-corrected chi connectivity index (χ1v) is 5.95. The van der Waals surface area contributed by atoms with Crippen molar-refractivity contribution in [3.05, 3.63) is 29.2 Å². The summed E-state index contributed by atoms with van der Waals surface area (Å²) in [7, 11) is 1.52. The Morgan fingerprint density at radius 1 is 1.55 bits per heavy atom. The molecule has 1 amide bonds. The first-order chi connectivity index (χ1) is 9.54. The number of aryl methyl sites for hydroxylation is 1. The van der Waals surface area contributed by atoms with Crippen LogP contribution in [0.4, 0.5) is 8.78 Å². The summed E-state index contributed by atoms with van der Waals surface area (Å²) < 4.78 is 31.7. The zero-order valence-corrected chi connectivity index (χ0v) is 11.1.